The lowest BCUT2D eigenvalue weighted by atomic mass is 9.72. The molecule has 0 amide bonds. The Balaban J connectivity index is 0.959. The summed E-state index contributed by atoms with van der Waals surface area (Å²) in [6.45, 7) is 14.2. The first-order valence-corrected chi connectivity index (χ1v) is 21.0. The van der Waals surface area contributed by atoms with Crippen molar-refractivity contribution in [2.24, 2.45) is 0 Å². The molecule has 0 fully saturated rings. The third kappa shape index (κ3) is 5.18. The van der Waals surface area contributed by atoms with E-state index in [0.29, 0.717) is 0 Å². The van der Waals surface area contributed by atoms with Crippen LogP contribution in [-0.2, 0) is 16.2 Å². The fraction of sp³-hybridized carbons (Fsp3) is 0.158. The molecular formula is C57H48N2. The molecule has 0 aromatic heterocycles. The van der Waals surface area contributed by atoms with Crippen LogP contribution in [0.3, 0.4) is 0 Å². The van der Waals surface area contributed by atoms with E-state index in [1.54, 1.807) is 0 Å². The molecule has 0 radical (unpaired) electrons. The van der Waals surface area contributed by atoms with E-state index in [9.17, 15) is 0 Å². The zero-order valence-electron chi connectivity index (χ0n) is 34.7. The Bertz CT molecular complexity index is 2950. The molecule has 2 heteroatoms. The van der Waals surface area contributed by atoms with Gasteiger partial charge in [-0.25, -0.2) is 0 Å². The molecule has 1 aliphatic heterocycles. The number of nitrogens with zero attached hydrogens (tertiary/aromatic N) is 2. The van der Waals surface area contributed by atoms with Gasteiger partial charge in [-0.2, -0.15) is 0 Å². The van der Waals surface area contributed by atoms with Crippen LogP contribution in [0.1, 0.15) is 74.9 Å². The van der Waals surface area contributed by atoms with Gasteiger partial charge in [-0.15, -0.1) is 0 Å². The van der Waals surface area contributed by atoms with Gasteiger partial charge >= 0.3 is 0 Å². The summed E-state index contributed by atoms with van der Waals surface area (Å²) in [5, 5.41) is 0. The van der Waals surface area contributed by atoms with Crippen LogP contribution in [0.15, 0.2) is 182 Å². The Morgan fingerprint density at radius 1 is 0.322 bits per heavy atom. The van der Waals surface area contributed by atoms with Crippen molar-refractivity contribution in [1.82, 2.24) is 0 Å². The van der Waals surface area contributed by atoms with Crippen LogP contribution in [0.25, 0.3) is 33.4 Å². The molecule has 0 saturated heterocycles. The van der Waals surface area contributed by atoms with E-state index in [1.807, 2.05) is 0 Å². The highest BCUT2D eigenvalue weighted by molar-refractivity contribution is 5.92. The normalized spacial score (nSPS) is 15.7. The van der Waals surface area contributed by atoms with Crippen LogP contribution >= 0.6 is 0 Å². The largest absolute Gasteiger partial charge is 0.310 e. The summed E-state index contributed by atoms with van der Waals surface area (Å²) in [6, 6.07) is 67.8. The van der Waals surface area contributed by atoms with Gasteiger partial charge in [0.05, 0.1) is 11.4 Å². The maximum atomic E-state index is 2.50. The van der Waals surface area contributed by atoms with Gasteiger partial charge in [0.25, 0.3) is 0 Å². The van der Waals surface area contributed by atoms with E-state index in [2.05, 4.69) is 233 Å². The van der Waals surface area contributed by atoms with Crippen molar-refractivity contribution in [3.63, 3.8) is 0 Å². The molecule has 0 bridgehead atoms. The summed E-state index contributed by atoms with van der Waals surface area (Å²) >= 11 is 0. The molecule has 11 rings (SSSR count). The minimum atomic E-state index is -0.157. The lowest BCUT2D eigenvalue weighted by molar-refractivity contribution is 0.627. The van der Waals surface area contributed by atoms with E-state index in [1.165, 1.54) is 83.8 Å². The molecule has 8 aromatic rings. The number of hydrogen-bond acceptors (Lipinski definition) is 2. The molecule has 3 aliphatic rings. The molecule has 0 unspecified atom stereocenters. The van der Waals surface area contributed by atoms with Crippen molar-refractivity contribution < 1.29 is 0 Å². The first-order chi connectivity index (χ1) is 28.5. The second kappa shape index (κ2) is 12.7. The topological polar surface area (TPSA) is 6.48 Å². The number of hydrogen-bond donors (Lipinski definition) is 0. The van der Waals surface area contributed by atoms with Crippen molar-refractivity contribution in [3.8, 4) is 33.4 Å². The van der Waals surface area contributed by atoms with E-state index in [0.717, 1.165) is 17.1 Å². The fourth-order valence-corrected chi connectivity index (χ4v) is 10.6. The highest BCUT2D eigenvalue weighted by atomic mass is 15.2. The van der Waals surface area contributed by atoms with Gasteiger partial charge in [0.15, 0.2) is 0 Å². The van der Waals surface area contributed by atoms with Gasteiger partial charge in [0.1, 0.15) is 0 Å². The molecule has 0 N–H and O–H groups in total. The molecule has 0 spiro atoms. The molecule has 2 nitrogen and oxygen atoms in total. The third-order valence-electron chi connectivity index (χ3n) is 13.9. The molecule has 2 aliphatic carbocycles. The number of para-hydroxylation sites is 2. The van der Waals surface area contributed by atoms with Crippen LogP contribution in [0, 0.1) is 0 Å². The van der Waals surface area contributed by atoms with Crippen molar-refractivity contribution >= 4 is 34.1 Å². The summed E-state index contributed by atoms with van der Waals surface area (Å²) in [5.41, 5.74) is 22.9. The van der Waals surface area contributed by atoms with Crippen LogP contribution in [0.4, 0.5) is 34.1 Å². The zero-order valence-corrected chi connectivity index (χ0v) is 34.7. The van der Waals surface area contributed by atoms with Crippen LogP contribution in [0.2, 0.25) is 0 Å². The molecule has 286 valence electrons. The standard InChI is InChI=1S/C57H48N2/c1-55(2)47-20-12-10-18-43(47)45-33-32-42(34-50(45)55)58(39-16-8-7-9-17-39)40-28-24-37(25-29-40)38-26-30-41(31-27-38)59-53-23-15-14-22-49(53)57(5,6)52-35-46-44-19-11-13-21-48(44)56(3,4)51(46)36-54(52)59/h7-36H,1-6H3. The van der Waals surface area contributed by atoms with E-state index in [4.69, 9.17) is 0 Å². The van der Waals surface area contributed by atoms with Crippen LogP contribution in [-0.4, -0.2) is 0 Å². The Kier molecular flexibility index (Phi) is 7.63. The summed E-state index contributed by atoms with van der Waals surface area (Å²) in [5.74, 6) is 0. The van der Waals surface area contributed by atoms with Gasteiger partial charge in [-0.3, -0.25) is 0 Å². The SMILES string of the molecule is CC1(C)c2ccccc2-c2ccc(N(c3ccccc3)c3ccc(-c4ccc(N5c6ccccc6C(C)(C)c6cc7c(cc65)C(C)(C)c5ccccc5-7)cc4)cc3)cc21. The molecule has 0 saturated carbocycles. The van der Waals surface area contributed by atoms with Crippen LogP contribution < -0.4 is 9.80 Å². The van der Waals surface area contributed by atoms with Gasteiger partial charge in [0, 0.05) is 39.0 Å². The maximum absolute atomic E-state index is 2.50. The molecule has 1 heterocycles. The third-order valence-corrected chi connectivity index (χ3v) is 13.9. The van der Waals surface area contributed by atoms with Crippen molar-refractivity contribution in [3.05, 3.63) is 215 Å². The quantitative estimate of drug-likeness (QED) is 0.172. The zero-order chi connectivity index (χ0) is 40.3. The summed E-state index contributed by atoms with van der Waals surface area (Å²) in [7, 11) is 0. The number of benzene rings is 8. The predicted octanol–water partition coefficient (Wildman–Crippen LogP) is 15.5. The second-order valence-electron chi connectivity index (χ2n) is 18.2. The minimum absolute atomic E-state index is 0.0721. The lowest BCUT2D eigenvalue weighted by Crippen LogP contribution is -2.31. The Morgan fingerprint density at radius 3 is 1.46 bits per heavy atom. The van der Waals surface area contributed by atoms with Gasteiger partial charge in [0.2, 0.25) is 0 Å². The summed E-state index contributed by atoms with van der Waals surface area (Å²) in [4.78, 5) is 4.88. The van der Waals surface area contributed by atoms with Crippen molar-refractivity contribution in [1.29, 1.82) is 0 Å². The monoisotopic (exact) mass is 760 g/mol. The molecule has 0 atom stereocenters. The van der Waals surface area contributed by atoms with E-state index < -0.39 is 0 Å². The van der Waals surface area contributed by atoms with Crippen molar-refractivity contribution in [2.75, 3.05) is 9.80 Å². The molecule has 8 aromatic carbocycles. The highest BCUT2D eigenvalue weighted by Gasteiger charge is 2.42. The van der Waals surface area contributed by atoms with Crippen molar-refractivity contribution in [2.45, 2.75) is 57.8 Å². The highest BCUT2D eigenvalue weighted by Crippen LogP contribution is 2.57. The second-order valence-corrected chi connectivity index (χ2v) is 18.2. The molecular weight excluding hydrogens is 713 g/mol. The Hall–Kier alpha value is -6.64. The number of rotatable bonds is 5. The fourth-order valence-electron chi connectivity index (χ4n) is 10.6. The van der Waals surface area contributed by atoms with Gasteiger partial charge in [-0.1, -0.05) is 157 Å². The van der Waals surface area contributed by atoms with Crippen LogP contribution in [0.5, 0.6) is 0 Å². The Morgan fingerprint density at radius 2 is 0.797 bits per heavy atom. The first kappa shape index (κ1) is 35.5. The number of fused-ring (bicyclic) bond motifs is 8. The lowest BCUT2D eigenvalue weighted by Gasteiger charge is -2.43. The summed E-state index contributed by atoms with van der Waals surface area (Å²) in [6.07, 6.45) is 0. The van der Waals surface area contributed by atoms with Gasteiger partial charge < -0.3 is 9.80 Å². The smallest absolute Gasteiger partial charge is 0.0506 e. The predicted molar refractivity (Wildman–Crippen MR) is 248 cm³/mol. The first-order valence-electron chi connectivity index (χ1n) is 21.0. The average molecular weight is 761 g/mol. The minimum Gasteiger partial charge on any atom is -0.310 e. The van der Waals surface area contributed by atoms with E-state index in [-0.39, 0.29) is 16.2 Å². The average Bonchev–Trinajstić information content (AvgIpc) is 3.63. The maximum Gasteiger partial charge on any atom is 0.0506 e. The van der Waals surface area contributed by atoms with E-state index >= 15 is 0 Å². The number of anilines is 6. The molecule has 59 heavy (non-hydrogen) atoms. The van der Waals surface area contributed by atoms with Gasteiger partial charge in [-0.05, 0) is 133 Å². The Labute approximate surface area is 349 Å². The summed E-state index contributed by atoms with van der Waals surface area (Å²) < 4.78 is 0.